The summed E-state index contributed by atoms with van der Waals surface area (Å²) in [5, 5.41) is 18.4. The number of carboxylic acid groups (broad SMARTS) is 2. The molecule has 5 nitrogen and oxygen atoms in total. The van der Waals surface area contributed by atoms with Crippen LogP contribution in [-0.4, -0.2) is 27.7 Å². The second-order valence-electron chi connectivity index (χ2n) is 6.91. The van der Waals surface area contributed by atoms with Crippen molar-refractivity contribution in [2.24, 2.45) is 5.73 Å². The zero-order valence-corrected chi connectivity index (χ0v) is 15.5. The Morgan fingerprint density at radius 3 is 1.97 bits per heavy atom. The third-order valence-electron chi connectivity index (χ3n) is 4.58. The summed E-state index contributed by atoms with van der Waals surface area (Å²) < 4.78 is 38.6. The van der Waals surface area contributed by atoms with Gasteiger partial charge in [-0.3, -0.25) is 0 Å². The third-order valence-corrected chi connectivity index (χ3v) is 4.58. The van der Waals surface area contributed by atoms with E-state index in [0.29, 0.717) is 17.2 Å². The Labute approximate surface area is 165 Å². The van der Waals surface area contributed by atoms with E-state index in [1.807, 2.05) is 0 Å². The Bertz CT molecular complexity index is 904. The van der Waals surface area contributed by atoms with Gasteiger partial charge in [-0.1, -0.05) is 42.5 Å². The molecule has 2 rings (SSSR count). The van der Waals surface area contributed by atoms with Gasteiger partial charge in [0.25, 0.3) is 0 Å². The topological polar surface area (TPSA) is 101 Å². The first-order valence-electron chi connectivity index (χ1n) is 8.61. The summed E-state index contributed by atoms with van der Waals surface area (Å²) in [4.78, 5) is 22.6. The van der Waals surface area contributed by atoms with Crippen molar-refractivity contribution >= 4 is 11.9 Å². The minimum absolute atomic E-state index is 0.0339. The summed E-state index contributed by atoms with van der Waals surface area (Å²) in [7, 11) is 0. The molecule has 0 aliphatic heterocycles. The van der Waals surface area contributed by atoms with E-state index >= 15 is 0 Å². The number of benzene rings is 2. The molecule has 0 bridgehead atoms. The molecule has 0 spiro atoms. The summed E-state index contributed by atoms with van der Waals surface area (Å²) in [5.74, 6) is -3.48. The molecule has 0 radical (unpaired) electrons. The Kier molecular flexibility index (Phi) is 6.48. The maximum Gasteiger partial charge on any atom is 0.416 e. The second kappa shape index (κ2) is 8.48. The molecule has 2 aromatic rings. The van der Waals surface area contributed by atoms with Crippen molar-refractivity contribution in [1.29, 1.82) is 0 Å². The highest BCUT2D eigenvalue weighted by molar-refractivity contribution is 5.96. The standard InChI is InChI=1S/C21H20F3NO4/c1-20(25,17(19(28)29)11-18(26)27)12-16(13-5-3-2-4-6-13)14-7-9-15(10-8-14)21(22,23)24/h2-11,16H,12,25H2,1H3,(H,26,27)(H,28,29)/b17-11-. The average Bonchev–Trinajstić information content (AvgIpc) is 2.64. The summed E-state index contributed by atoms with van der Waals surface area (Å²) >= 11 is 0. The molecular weight excluding hydrogens is 387 g/mol. The van der Waals surface area contributed by atoms with Gasteiger partial charge in [-0.25, -0.2) is 9.59 Å². The summed E-state index contributed by atoms with van der Waals surface area (Å²) in [6.07, 6.45) is -3.98. The number of carbonyl (C=O) groups is 2. The molecule has 0 saturated carbocycles. The minimum atomic E-state index is -4.48. The molecule has 2 atom stereocenters. The quantitative estimate of drug-likeness (QED) is 0.602. The van der Waals surface area contributed by atoms with Gasteiger partial charge in [0.2, 0.25) is 0 Å². The van der Waals surface area contributed by atoms with Gasteiger partial charge < -0.3 is 15.9 Å². The van der Waals surface area contributed by atoms with Crippen molar-refractivity contribution in [1.82, 2.24) is 0 Å². The number of hydrogen-bond acceptors (Lipinski definition) is 3. The first kappa shape index (κ1) is 22.2. The smallest absolute Gasteiger partial charge is 0.416 e. The fourth-order valence-electron chi connectivity index (χ4n) is 3.15. The van der Waals surface area contributed by atoms with Gasteiger partial charge in [-0.05, 0) is 36.6 Å². The fourth-order valence-corrected chi connectivity index (χ4v) is 3.15. The van der Waals surface area contributed by atoms with Crippen LogP contribution in [0.3, 0.4) is 0 Å². The molecule has 0 heterocycles. The van der Waals surface area contributed by atoms with Crippen LogP contribution in [-0.2, 0) is 15.8 Å². The van der Waals surface area contributed by atoms with Gasteiger partial charge in [0.15, 0.2) is 0 Å². The molecule has 0 fully saturated rings. The van der Waals surface area contributed by atoms with Crippen molar-refractivity contribution in [3.63, 3.8) is 0 Å². The predicted octanol–water partition coefficient (Wildman–Crippen LogP) is 4.04. The van der Waals surface area contributed by atoms with Gasteiger partial charge in [-0.2, -0.15) is 13.2 Å². The van der Waals surface area contributed by atoms with Crippen molar-refractivity contribution in [2.75, 3.05) is 0 Å². The maximum atomic E-state index is 12.9. The summed E-state index contributed by atoms with van der Waals surface area (Å²) in [6, 6.07) is 13.3. The number of aliphatic carboxylic acids is 2. The van der Waals surface area contributed by atoms with E-state index in [1.54, 1.807) is 30.3 Å². The Balaban J connectivity index is 2.50. The van der Waals surface area contributed by atoms with Gasteiger partial charge in [0.05, 0.1) is 11.1 Å². The van der Waals surface area contributed by atoms with Crippen LogP contribution >= 0.6 is 0 Å². The number of hydrogen-bond donors (Lipinski definition) is 3. The van der Waals surface area contributed by atoms with E-state index in [-0.39, 0.29) is 6.42 Å². The van der Waals surface area contributed by atoms with E-state index in [1.165, 1.54) is 19.1 Å². The lowest BCUT2D eigenvalue weighted by Crippen LogP contribution is -2.43. The first-order valence-corrected chi connectivity index (χ1v) is 8.61. The van der Waals surface area contributed by atoms with E-state index in [4.69, 9.17) is 10.8 Å². The number of rotatable bonds is 7. The molecule has 0 amide bonds. The molecular formula is C21H20F3NO4. The molecule has 4 N–H and O–H groups in total. The second-order valence-corrected chi connectivity index (χ2v) is 6.91. The van der Waals surface area contributed by atoms with Crippen LogP contribution in [0.25, 0.3) is 0 Å². The number of alkyl halides is 3. The average molecular weight is 407 g/mol. The van der Waals surface area contributed by atoms with Crippen LogP contribution in [0.15, 0.2) is 66.2 Å². The van der Waals surface area contributed by atoms with Crippen LogP contribution in [0, 0.1) is 0 Å². The zero-order chi connectivity index (χ0) is 21.8. The highest BCUT2D eigenvalue weighted by Gasteiger charge is 2.35. The van der Waals surface area contributed by atoms with Gasteiger partial charge in [0.1, 0.15) is 0 Å². The third kappa shape index (κ3) is 5.68. The van der Waals surface area contributed by atoms with Crippen molar-refractivity contribution in [3.8, 4) is 0 Å². The van der Waals surface area contributed by atoms with Gasteiger partial charge in [0, 0.05) is 17.5 Å². The van der Waals surface area contributed by atoms with E-state index in [0.717, 1.165) is 12.1 Å². The molecule has 2 unspecified atom stereocenters. The Hall–Kier alpha value is -3.13. The van der Waals surface area contributed by atoms with E-state index in [2.05, 4.69) is 0 Å². The van der Waals surface area contributed by atoms with E-state index < -0.39 is 40.7 Å². The highest BCUT2D eigenvalue weighted by atomic mass is 19.4. The number of nitrogens with two attached hydrogens (primary N) is 1. The van der Waals surface area contributed by atoms with Crippen molar-refractivity contribution in [2.45, 2.75) is 31.0 Å². The lowest BCUT2D eigenvalue weighted by Gasteiger charge is -2.31. The van der Waals surface area contributed by atoms with Crippen molar-refractivity contribution < 1.29 is 33.0 Å². The van der Waals surface area contributed by atoms with Crippen LogP contribution in [0.4, 0.5) is 13.2 Å². The van der Waals surface area contributed by atoms with Crippen LogP contribution in [0.5, 0.6) is 0 Å². The number of halogens is 3. The summed E-state index contributed by atoms with van der Waals surface area (Å²) in [6.45, 7) is 1.38. The largest absolute Gasteiger partial charge is 0.478 e. The van der Waals surface area contributed by atoms with Gasteiger partial charge >= 0.3 is 18.1 Å². The Morgan fingerprint density at radius 1 is 1.00 bits per heavy atom. The maximum absolute atomic E-state index is 12.9. The monoisotopic (exact) mass is 407 g/mol. The number of carboxylic acids is 2. The summed E-state index contributed by atoms with van der Waals surface area (Å²) in [5.41, 5.74) is 4.54. The zero-order valence-electron chi connectivity index (χ0n) is 15.5. The SMILES string of the molecule is CC(N)(CC(c1ccccc1)c1ccc(C(F)(F)F)cc1)/C(=C\C(=O)O)C(=O)O. The van der Waals surface area contributed by atoms with E-state index in [9.17, 15) is 27.9 Å². The molecule has 29 heavy (non-hydrogen) atoms. The normalized spacial score (nSPS) is 15.4. The molecule has 0 aliphatic carbocycles. The lowest BCUT2D eigenvalue weighted by atomic mass is 9.77. The molecule has 2 aromatic carbocycles. The molecule has 0 saturated heterocycles. The fraction of sp³-hybridized carbons (Fsp3) is 0.238. The molecule has 154 valence electrons. The van der Waals surface area contributed by atoms with Crippen LogP contribution in [0.1, 0.15) is 36.0 Å². The van der Waals surface area contributed by atoms with Crippen LogP contribution < -0.4 is 5.73 Å². The first-order chi connectivity index (χ1) is 13.4. The highest BCUT2D eigenvalue weighted by Crippen LogP contribution is 2.36. The van der Waals surface area contributed by atoms with Crippen molar-refractivity contribution in [3.05, 3.63) is 82.9 Å². The van der Waals surface area contributed by atoms with Gasteiger partial charge in [-0.15, -0.1) is 0 Å². The predicted molar refractivity (Wildman–Crippen MR) is 100 cm³/mol. The van der Waals surface area contributed by atoms with Crippen LogP contribution in [0.2, 0.25) is 0 Å². The Morgan fingerprint density at radius 2 is 1.52 bits per heavy atom. The molecule has 0 aromatic heterocycles. The lowest BCUT2D eigenvalue weighted by molar-refractivity contribution is -0.137. The minimum Gasteiger partial charge on any atom is -0.478 e. The molecule has 0 aliphatic rings. The molecule has 8 heteroatoms.